The third-order valence-corrected chi connectivity index (χ3v) is 4.16. The Morgan fingerprint density at radius 1 is 1.24 bits per heavy atom. The number of hydroxylamine groups is 1. The van der Waals surface area contributed by atoms with E-state index in [1.807, 2.05) is 29.2 Å². The van der Waals surface area contributed by atoms with Crippen molar-refractivity contribution in [3.63, 3.8) is 0 Å². The first-order chi connectivity index (χ1) is 12.1. The monoisotopic (exact) mass is 341 g/mol. The van der Waals surface area contributed by atoms with Gasteiger partial charge in [0.05, 0.1) is 13.2 Å². The summed E-state index contributed by atoms with van der Waals surface area (Å²) in [5, 5.41) is 11.6. The predicted octanol–water partition coefficient (Wildman–Crippen LogP) is 1.84. The zero-order chi connectivity index (χ0) is 17.8. The Bertz CT molecular complexity index is 776. The zero-order valence-corrected chi connectivity index (χ0v) is 13.7. The predicted molar refractivity (Wildman–Crippen MR) is 92.2 cm³/mol. The van der Waals surface area contributed by atoms with Crippen molar-refractivity contribution in [1.29, 1.82) is 0 Å². The molecule has 1 heterocycles. The highest BCUT2D eigenvalue weighted by molar-refractivity contribution is 5.93. The molecule has 1 saturated heterocycles. The van der Waals surface area contributed by atoms with E-state index in [-0.39, 0.29) is 11.9 Å². The third-order valence-electron chi connectivity index (χ3n) is 4.16. The van der Waals surface area contributed by atoms with Crippen molar-refractivity contribution in [3.05, 3.63) is 54.1 Å². The molecule has 2 aromatic carbocycles. The average Bonchev–Trinajstić information content (AvgIpc) is 3.08. The molecule has 0 bridgehead atoms. The summed E-state index contributed by atoms with van der Waals surface area (Å²) in [7, 11) is 1.60. The van der Waals surface area contributed by atoms with Gasteiger partial charge in [0.1, 0.15) is 5.75 Å². The molecule has 130 valence electrons. The van der Waals surface area contributed by atoms with Crippen LogP contribution in [0.1, 0.15) is 16.8 Å². The molecule has 0 spiro atoms. The van der Waals surface area contributed by atoms with Crippen molar-refractivity contribution in [2.75, 3.05) is 18.6 Å². The minimum absolute atomic E-state index is 0.00849. The fraction of sp³-hybridized carbons (Fsp3) is 0.222. The molecule has 7 heteroatoms. The second-order valence-corrected chi connectivity index (χ2v) is 5.72. The second-order valence-electron chi connectivity index (χ2n) is 5.72. The van der Waals surface area contributed by atoms with Gasteiger partial charge in [-0.15, -0.1) is 0 Å². The molecule has 1 fully saturated rings. The lowest BCUT2D eigenvalue weighted by molar-refractivity contribution is -0.119. The number of carbonyl (C=O) groups is 2. The van der Waals surface area contributed by atoms with Gasteiger partial charge < -0.3 is 15.0 Å². The molecule has 3 N–H and O–H groups in total. The maximum Gasteiger partial charge on any atom is 0.274 e. The van der Waals surface area contributed by atoms with Crippen LogP contribution in [0.2, 0.25) is 0 Å². The van der Waals surface area contributed by atoms with Crippen LogP contribution >= 0.6 is 0 Å². The summed E-state index contributed by atoms with van der Waals surface area (Å²) in [5.74, 6) is 0.155. The van der Waals surface area contributed by atoms with E-state index < -0.39 is 5.91 Å². The lowest BCUT2D eigenvalue weighted by Gasteiger charge is -2.30. The summed E-state index contributed by atoms with van der Waals surface area (Å²) in [5.41, 5.74) is 3.69. The molecule has 1 atom stereocenters. The van der Waals surface area contributed by atoms with Crippen LogP contribution in [0.25, 0.3) is 0 Å². The van der Waals surface area contributed by atoms with Crippen LogP contribution in [0.4, 0.5) is 11.4 Å². The molecule has 1 aliphatic rings. The van der Waals surface area contributed by atoms with Gasteiger partial charge in [-0.1, -0.05) is 6.07 Å². The van der Waals surface area contributed by atoms with E-state index in [2.05, 4.69) is 5.32 Å². The number of rotatable bonds is 5. The van der Waals surface area contributed by atoms with E-state index in [0.29, 0.717) is 18.5 Å². The fourth-order valence-electron chi connectivity index (χ4n) is 2.94. The van der Waals surface area contributed by atoms with Crippen LogP contribution in [0.3, 0.4) is 0 Å². The molecule has 1 unspecified atom stereocenters. The molecular weight excluding hydrogens is 322 g/mol. The van der Waals surface area contributed by atoms with Gasteiger partial charge in [0.25, 0.3) is 5.91 Å². The first-order valence-corrected chi connectivity index (χ1v) is 7.87. The van der Waals surface area contributed by atoms with Gasteiger partial charge in [-0.05, 0) is 36.4 Å². The van der Waals surface area contributed by atoms with Crippen molar-refractivity contribution in [1.82, 2.24) is 10.8 Å². The summed E-state index contributed by atoms with van der Waals surface area (Å²) in [4.78, 5) is 25.2. The fourth-order valence-corrected chi connectivity index (χ4v) is 2.94. The van der Waals surface area contributed by atoms with Gasteiger partial charge in [-0.25, -0.2) is 5.48 Å². The maximum absolute atomic E-state index is 11.7. The number of ether oxygens (including phenoxy) is 1. The van der Waals surface area contributed by atoms with Gasteiger partial charge in [-0.2, -0.15) is 0 Å². The van der Waals surface area contributed by atoms with Crippen LogP contribution in [0.5, 0.6) is 5.75 Å². The third kappa shape index (κ3) is 3.56. The number of amides is 2. The van der Waals surface area contributed by atoms with E-state index in [1.54, 1.807) is 36.9 Å². The smallest absolute Gasteiger partial charge is 0.274 e. The summed E-state index contributed by atoms with van der Waals surface area (Å²) >= 11 is 0. The van der Waals surface area contributed by atoms with Crippen LogP contribution in [-0.4, -0.2) is 36.7 Å². The number of methoxy groups -OCH3 is 1. The average molecular weight is 341 g/mol. The Hall–Kier alpha value is -3.06. The molecule has 25 heavy (non-hydrogen) atoms. The van der Waals surface area contributed by atoms with Gasteiger partial charge in [0.2, 0.25) is 5.91 Å². The molecule has 2 aromatic rings. The highest BCUT2D eigenvalue weighted by atomic mass is 16.5. The summed E-state index contributed by atoms with van der Waals surface area (Å²) in [6.07, 6.45) is 0.385. The number of benzene rings is 2. The molecule has 0 saturated carbocycles. The summed E-state index contributed by atoms with van der Waals surface area (Å²) < 4.78 is 5.30. The van der Waals surface area contributed by atoms with Crippen LogP contribution in [-0.2, 0) is 4.79 Å². The Morgan fingerprint density at radius 2 is 2.00 bits per heavy atom. The molecule has 1 aliphatic heterocycles. The molecular formula is C18H19N3O4. The summed E-state index contributed by atoms with van der Waals surface area (Å²) in [6.45, 7) is 0.537. The van der Waals surface area contributed by atoms with Gasteiger partial charge in [0, 0.05) is 36.0 Å². The number of nitrogens with one attached hydrogen (secondary N) is 2. The van der Waals surface area contributed by atoms with Crippen molar-refractivity contribution in [2.45, 2.75) is 12.5 Å². The van der Waals surface area contributed by atoms with Gasteiger partial charge >= 0.3 is 0 Å². The largest absolute Gasteiger partial charge is 0.497 e. The van der Waals surface area contributed by atoms with E-state index in [0.717, 1.165) is 17.1 Å². The Morgan fingerprint density at radius 3 is 2.60 bits per heavy atom. The second kappa shape index (κ2) is 7.23. The lowest BCUT2D eigenvalue weighted by Crippen LogP contribution is -2.33. The van der Waals surface area contributed by atoms with Crippen LogP contribution < -0.4 is 20.4 Å². The number of nitrogens with zero attached hydrogens (tertiary/aromatic N) is 1. The quantitative estimate of drug-likeness (QED) is 0.570. The normalized spacial score (nSPS) is 16.2. The standard InChI is InChI=1S/C18H19N3O4/c1-25-16-4-2-3-14(9-16)21(15-10-17(22)19-11-15)13-7-5-12(6-8-13)18(23)20-24/h2-9,15,24H,10-11H2,1H3,(H,19,22)(H,20,23). The van der Waals surface area contributed by atoms with Crippen LogP contribution in [0.15, 0.2) is 48.5 Å². The number of anilines is 2. The molecule has 0 radical (unpaired) electrons. The van der Waals surface area contributed by atoms with Gasteiger partial charge in [0.15, 0.2) is 0 Å². The zero-order valence-electron chi connectivity index (χ0n) is 13.7. The number of hydrogen-bond donors (Lipinski definition) is 3. The maximum atomic E-state index is 11.7. The Labute approximate surface area is 145 Å². The first-order valence-electron chi connectivity index (χ1n) is 7.87. The SMILES string of the molecule is COc1cccc(N(c2ccc(C(=O)NO)cc2)C2CNC(=O)C2)c1. The lowest BCUT2D eigenvalue weighted by atomic mass is 10.1. The van der Waals surface area contributed by atoms with Crippen LogP contribution in [0, 0.1) is 0 Å². The topological polar surface area (TPSA) is 90.9 Å². The Kier molecular flexibility index (Phi) is 4.85. The summed E-state index contributed by atoms with van der Waals surface area (Å²) in [6, 6.07) is 14.4. The van der Waals surface area contributed by atoms with Crippen molar-refractivity contribution < 1.29 is 19.5 Å². The molecule has 2 amide bonds. The van der Waals surface area contributed by atoms with Crippen molar-refractivity contribution in [3.8, 4) is 5.75 Å². The highest BCUT2D eigenvalue weighted by Crippen LogP contribution is 2.32. The minimum atomic E-state index is -0.572. The van der Waals surface area contributed by atoms with Crippen molar-refractivity contribution in [2.24, 2.45) is 0 Å². The Balaban J connectivity index is 1.98. The van der Waals surface area contributed by atoms with Crippen molar-refractivity contribution >= 4 is 23.2 Å². The van der Waals surface area contributed by atoms with Gasteiger partial charge in [-0.3, -0.25) is 14.8 Å². The molecule has 0 aromatic heterocycles. The molecule has 3 rings (SSSR count). The minimum Gasteiger partial charge on any atom is -0.497 e. The number of carbonyl (C=O) groups excluding carboxylic acids is 2. The first kappa shape index (κ1) is 16.8. The number of hydrogen-bond acceptors (Lipinski definition) is 5. The van der Waals surface area contributed by atoms with E-state index in [1.165, 1.54) is 0 Å². The van der Waals surface area contributed by atoms with E-state index in [4.69, 9.17) is 9.94 Å². The van der Waals surface area contributed by atoms with E-state index in [9.17, 15) is 9.59 Å². The molecule has 7 nitrogen and oxygen atoms in total. The molecule has 0 aliphatic carbocycles. The highest BCUT2D eigenvalue weighted by Gasteiger charge is 2.29. The van der Waals surface area contributed by atoms with E-state index >= 15 is 0 Å².